The van der Waals surface area contributed by atoms with E-state index in [-0.39, 0.29) is 5.56 Å². The van der Waals surface area contributed by atoms with E-state index < -0.39 is 11.8 Å². The summed E-state index contributed by atoms with van der Waals surface area (Å²) in [4.78, 5) is 23.2. The molecular formula is C13H10ClNO3. The van der Waals surface area contributed by atoms with Gasteiger partial charge in [-0.1, -0.05) is 24.2 Å². The van der Waals surface area contributed by atoms with Crippen molar-refractivity contribution < 1.29 is 14.3 Å². The maximum Gasteiger partial charge on any atom is 0.379 e. The van der Waals surface area contributed by atoms with Gasteiger partial charge < -0.3 is 9.30 Å². The molecule has 0 saturated heterocycles. The van der Waals surface area contributed by atoms with Crippen LogP contribution in [0.1, 0.15) is 10.4 Å². The standard InChI is InChI=1S/C13H10ClNO3/c1-3-15-7-8(12(16)13(17)18-2)11-9(14)5-4-6-10(11)15/h3-7H,1H2,2H3. The van der Waals surface area contributed by atoms with E-state index in [2.05, 4.69) is 11.3 Å². The second-order valence-corrected chi connectivity index (χ2v) is 3.99. The smallest absolute Gasteiger partial charge is 0.379 e. The SMILES string of the molecule is C=Cn1cc(C(=O)C(=O)OC)c2c(Cl)cccc21. The van der Waals surface area contributed by atoms with Crippen molar-refractivity contribution in [3.63, 3.8) is 0 Å². The molecule has 0 spiro atoms. The number of carbonyl (C=O) groups excluding carboxylic acids is 2. The van der Waals surface area contributed by atoms with Gasteiger partial charge in [0.25, 0.3) is 5.78 Å². The van der Waals surface area contributed by atoms with E-state index in [4.69, 9.17) is 11.6 Å². The molecule has 0 aliphatic rings. The number of nitrogens with zero attached hydrogens (tertiary/aromatic N) is 1. The molecule has 92 valence electrons. The summed E-state index contributed by atoms with van der Waals surface area (Å²) >= 11 is 6.07. The molecular weight excluding hydrogens is 254 g/mol. The van der Waals surface area contributed by atoms with Gasteiger partial charge in [0.05, 0.1) is 23.2 Å². The topological polar surface area (TPSA) is 48.3 Å². The van der Waals surface area contributed by atoms with E-state index >= 15 is 0 Å². The number of hydrogen-bond acceptors (Lipinski definition) is 3. The normalized spacial score (nSPS) is 10.3. The van der Waals surface area contributed by atoms with Gasteiger partial charge in [-0.2, -0.15) is 0 Å². The van der Waals surface area contributed by atoms with E-state index in [1.54, 1.807) is 22.8 Å². The van der Waals surface area contributed by atoms with Crippen molar-refractivity contribution in [2.75, 3.05) is 7.11 Å². The van der Waals surface area contributed by atoms with Crippen LogP contribution in [0.25, 0.3) is 17.1 Å². The van der Waals surface area contributed by atoms with Crippen LogP contribution >= 0.6 is 11.6 Å². The summed E-state index contributed by atoms with van der Waals surface area (Å²) in [5, 5.41) is 0.926. The van der Waals surface area contributed by atoms with Gasteiger partial charge in [-0.25, -0.2) is 4.79 Å². The number of aromatic nitrogens is 1. The Morgan fingerprint density at radius 2 is 2.17 bits per heavy atom. The van der Waals surface area contributed by atoms with Crippen molar-refractivity contribution in [1.82, 2.24) is 4.57 Å². The fourth-order valence-corrected chi connectivity index (χ4v) is 2.06. The van der Waals surface area contributed by atoms with Crippen LogP contribution in [0.15, 0.2) is 31.0 Å². The Kier molecular flexibility index (Phi) is 3.21. The molecule has 0 unspecified atom stereocenters. The Morgan fingerprint density at radius 1 is 1.44 bits per heavy atom. The van der Waals surface area contributed by atoms with E-state index in [0.717, 1.165) is 7.11 Å². The molecule has 0 atom stereocenters. The number of fused-ring (bicyclic) bond motifs is 1. The predicted octanol–water partition coefficient (Wildman–Crippen LogP) is 2.75. The molecule has 0 amide bonds. The molecule has 1 heterocycles. The summed E-state index contributed by atoms with van der Waals surface area (Å²) < 4.78 is 6.07. The lowest BCUT2D eigenvalue weighted by atomic mass is 10.1. The first kappa shape index (κ1) is 12.4. The molecule has 5 heteroatoms. The predicted molar refractivity (Wildman–Crippen MR) is 69.7 cm³/mol. The van der Waals surface area contributed by atoms with Crippen LogP contribution in [-0.4, -0.2) is 23.4 Å². The zero-order valence-corrected chi connectivity index (χ0v) is 10.4. The van der Waals surface area contributed by atoms with Gasteiger partial charge in [0.1, 0.15) is 0 Å². The number of methoxy groups -OCH3 is 1. The fourth-order valence-electron chi connectivity index (χ4n) is 1.79. The number of esters is 1. The Labute approximate surface area is 108 Å². The lowest BCUT2D eigenvalue weighted by molar-refractivity contribution is -0.135. The van der Waals surface area contributed by atoms with Crippen molar-refractivity contribution in [3.8, 4) is 0 Å². The minimum Gasteiger partial charge on any atom is -0.463 e. The first-order chi connectivity index (χ1) is 8.60. The summed E-state index contributed by atoms with van der Waals surface area (Å²) in [6, 6.07) is 5.21. The summed E-state index contributed by atoms with van der Waals surface area (Å²) in [6.07, 6.45) is 3.05. The highest BCUT2D eigenvalue weighted by Crippen LogP contribution is 2.29. The number of ether oxygens (including phenoxy) is 1. The highest BCUT2D eigenvalue weighted by Gasteiger charge is 2.23. The average molecular weight is 264 g/mol. The lowest BCUT2D eigenvalue weighted by Gasteiger charge is -1.99. The minimum atomic E-state index is -0.918. The van der Waals surface area contributed by atoms with Gasteiger partial charge in [0.2, 0.25) is 0 Å². The molecule has 0 fully saturated rings. The second-order valence-electron chi connectivity index (χ2n) is 3.59. The molecule has 0 aliphatic heterocycles. The van der Waals surface area contributed by atoms with Crippen molar-refractivity contribution in [3.05, 3.63) is 41.6 Å². The van der Waals surface area contributed by atoms with Gasteiger partial charge in [0, 0.05) is 17.8 Å². The van der Waals surface area contributed by atoms with E-state index in [0.29, 0.717) is 15.9 Å². The van der Waals surface area contributed by atoms with Crippen LogP contribution < -0.4 is 0 Å². The van der Waals surface area contributed by atoms with Crippen LogP contribution in [0.4, 0.5) is 0 Å². The molecule has 2 aromatic rings. The third kappa shape index (κ3) is 1.80. The van der Waals surface area contributed by atoms with Crippen LogP contribution in [0.2, 0.25) is 5.02 Å². The fraction of sp³-hybridized carbons (Fsp3) is 0.0769. The van der Waals surface area contributed by atoms with E-state index in [9.17, 15) is 9.59 Å². The van der Waals surface area contributed by atoms with E-state index in [1.165, 1.54) is 12.4 Å². The Morgan fingerprint density at radius 3 is 2.78 bits per heavy atom. The summed E-state index contributed by atoms with van der Waals surface area (Å²) in [6.45, 7) is 3.64. The third-order valence-electron chi connectivity index (χ3n) is 2.62. The van der Waals surface area contributed by atoms with Crippen molar-refractivity contribution in [2.45, 2.75) is 0 Å². The minimum absolute atomic E-state index is 0.211. The van der Waals surface area contributed by atoms with Crippen LogP contribution in [0, 0.1) is 0 Å². The van der Waals surface area contributed by atoms with Crippen molar-refractivity contribution in [2.24, 2.45) is 0 Å². The quantitative estimate of drug-likeness (QED) is 0.486. The van der Waals surface area contributed by atoms with Crippen LogP contribution in [0.3, 0.4) is 0 Å². The van der Waals surface area contributed by atoms with Gasteiger partial charge in [-0.05, 0) is 12.1 Å². The molecule has 0 bridgehead atoms. The number of carbonyl (C=O) groups is 2. The van der Waals surface area contributed by atoms with Gasteiger partial charge >= 0.3 is 5.97 Å². The number of Topliss-reactive ketones (excluding diaryl/α,β-unsaturated/α-hetero) is 1. The van der Waals surface area contributed by atoms with Gasteiger partial charge in [-0.3, -0.25) is 4.79 Å². The Bertz CT molecular complexity index is 658. The average Bonchev–Trinajstić information content (AvgIpc) is 2.77. The molecule has 1 aromatic heterocycles. The van der Waals surface area contributed by atoms with Crippen LogP contribution in [-0.2, 0) is 9.53 Å². The lowest BCUT2D eigenvalue weighted by Crippen LogP contribution is -2.15. The van der Waals surface area contributed by atoms with Crippen LogP contribution in [0.5, 0.6) is 0 Å². The van der Waals surface area contributed by atoms with Crippen molar-refractivity contribution >= 4 is 40.5 Å². The highest BCUT2D eigenvalue weighted by molar-refractivity contribution is 6.45. The molecule has 0 radical (unpaired) electrons. The van der Waals surface area contributed by atoms with E-state index in [1.807, 2.05) is 0 Å². The molecule has 1 aromatic carbocycles. The highest BCUT2D eigenvalue weighted by atomic mass is 35.5. The van der Waals surface area contributed by atoms with Gasteiger partial charge in [0.15, 0.2) is 0 Å². The summed E-state index contributed by atoms with van der Waals surface area (Å²) in [5.41, 5.74) is 0.923. The molecule has 18 heavy (non-hydrogen) atoms. The Hall–Kier alpha value is -2.07. The number of benzene rings is 1. The molecule has 0 aliphatic carbocycles. The van der Waals surface area contributed by atoms with Gasteiger partial charge in [-0.15, -0.1) is 0 Å². The zero-order chi connectivity index (χ0) is 13.3. The van der Waals surface area contributed by atoms with Crippen molar-refractivity contribution in [1.29, 1.82) is 0 Å². The summed E-state index contributed by atoms with van der Waals surface area (Å²) in [5.74, 6) is -1.64. The third-order valence-corrected chi connectivity index (χ3v) is 2.93. The monoisotopic (exact) mass is 263 g/mol. The molecule has 2 rings (SSSR count). The maximum atomic E-state index is 11.9. The second kappa shape index (κ2) is 4.66. The largest absolute Gasteiger partial charge is 0.463 e. The maximum absolute atomic E-state index is 11.9. The number of rotatable bonds is 3. The first-order valence-electron chi connectivity index (χ1n) is 5.14. The molecule has 0 N–H and O–H groups in total. The zero-order valence-electron chi connectivity index (χ0n) is 9.64. The first-order valence-corrected chi connectivity index (χ1v) is 5.52. The Balaban J connectivity index is 2.75. The number of ketones is 1. The molecule has 0 saturated carbocycles. The summed E-state index contributed by atoms with van der Waals surface area (Å²) in [7, 11) is 1.16. The number of hydrogen-bond donors (Lipinski definition) is 0. The number of halogens is 1. The molecule has 4 nitrogen and oxygen atoms in total.